The zero-order valence-electron chi connectivity index (χ0n) is 19.2. The maximum Gasteiger partial charge on any atom is 0.228 e. The molecule has 0 spiro atoms. The van der Waals surface area contributed by atoms with E-state index in [1.165, 1.54) is 0 Å². The average Bonchev–Trinajstić information content (AvgIpc) is 2.88. The summed E-state index contributed by atoms with van der Waals surface area (Å²) in [6.45, 7) is 5.35. The first-order valence-electron chi connectivity index (χ1n) is 11.9. The summed E-state index contributed by atoms with van der Waals surface area (Å²) in [4.78, 5) is 33.1. The van der Waals surface area contributed by atoms with Crippen molar-refractivity contribution in [2.45, 2.75) is 38.5 Å². The third kappa shape index (κ3) is 5.24. The lowest BCUT2D eigenvalue weighted by molar-refractivity contribution is -0.144. The minimum atomic E-state index is -0.667. The molecule has 5 heteroatoms. The van der Waals surface area contributed by atoms with Crippen LogP contribution in [0.2, 0.25) is 0 Å². The number of nitrogens with one attached hydrogen (secondary N) is 1. The van der Waals surface area contributed by atoms with Gasteiger partial charge in [0.25, 0.3) is 0 Å². The zero-order chi connectivity index (χ0) is 23.1. The Kier molecular flexibility index (Phi) is 7.38. The van der Waals surface area contributed by atoms with E-state index in [1.54, 1.807) is 12.3 Å². The molecular weight excluding hydrogens is 410 g/mol. The predicted octanol–water partition coefficient (Wildman–Crippen LogP) is 4.56. The van der Waals surface area contributed by atoms with Crippen LogP contribution in [0.15, 0.2) is 73.6 Å². The lowest BCUT2D eigenvalue weighted by Gasteiger charge is -2.43. The number of hydrogen-bond acceptors (Lipinski definition) is 3. The van der Waals surface area contributed by atoms with E-state index in [1.807, 2.05) is 35.4 Å². The van der Waals surface area contributed by atoms with Gasteiger partial charge in [0, 0.05) is 43.5 Å². The first kappa shape index (κ1) is 23.0. The van der Waals surface area contributed by atoms with Gasteiger partial charge in [-0.25, -0.2) is 0 Å². The zero-order valence-corrected chi connectivity index (χ0v) is 19.2. The van der Waals surface area contributed by atoms with E-state index in [-0.39, 0.29) is 17.7 Å². The first-order chi connectivity index (χ1) is 16.1. The number of hydrogen-bond donors (Lipinski definition) is 1. The average molecular weight is 444 g/mol. The van der Waals surface area contributed by atoms with Crippen molar-refractivity contribution < 1.29 is 9.59 Å². The summed E-state index contributed by atoms with van der Waals surface area (Å²) in [5, 5.41) is 3.04. The van der Waals surface area contributed by atoms with E-state index in [9.17, 15) is 9.59 Å². The summed E-state index contributed by atoms with van der Waals surface area (Å²) >= 11 is 0. The Morgan fingerprint density at radius 2 is 2.09 bits per heavy atom. The van der Waals surface area contributed by atoms with Crippen molar-refractivity contribution in [1.82, 2.24) is 15.2 Å². The number of piperidine rings is 1. The topological polar surface area (TPSA) is 62.3 Å². The molecule has 2 aliphatic rings. The Balaban J connectivity index is 1.64. The molecule has 33 heavy (non-hydrogen) atoms. The molecule has 1 aliphatic carbocycles. The normalized spacial score (nSPS) is 22.5. The fraction of sp³-hybridized carbons (Fsp3) is 0.393. The van der Waals surface area contributed by atoms with Crippen molar-refractivity contribution in [2.24, 2.45) is 11.3 Å². The molecule has 1 aromatic carbocycles. The van der Waals surface area contributed by atoms with Crippen LogP contribution in [0.3, 0.4) is 0 Å². The summed E-state index contributed by atoms with van der Waals surface area (Å²) in [5.41, 5.74) is 2.56. The lowest BCUT2D eigenvalue weighted by atomic mass is 9.72. The largest absolute Gasteiger partial charge is 0.352 e. The summed E-state index contributed by atoms with van der Waals surface area (Å²) in [7, 11) is 0. The van der Waals surface area contributed by atoms with Crippen LogP contribution >= 0.6 is 0 Å². The molecule has 0 unspecified atom stereocenters. The molecule has 0 saturated carbocycles. The van der Waals surface area contributed by atoms with Gasteiger partial charge in [0.05, 0.1) is 5.41 Å². The fourth-order valence-electron chi connectivity index (χ4n) is 5.20. The summed E-state index contributed by atoms with van der Waals surface area (Å²) < 4.78 is 0. The quantitative estimate of drug-likeness (QED) is 0.638. The molecule has 2 aromatic rings. The van der Waals surface area contributed by atoms with E-state index >= 15 is 0 Å². The van der Waals surface area contributed by atoms with Crippen LogP contribution in [0.4, 0.5) is 0 Å². The molecule has 1 fully saturated rings. The molecule has 4 rings (SSSR count). The smallest absolute Gasteiger partial charge is 0.228 e. The third-order valence-corrected chi connectivity index (χ3v) is 6.91. The number of carbonyl (C=O) groups excluding carboxylic acids is 2. The maximum atomic E-state index is 13.6. The molecule has 1 N–H and O–H groups in total. The van der Waals surface area contributed by atoms with E-state index in [0.717, 1.165) is 55.3 Å². The van der Waals surface area contributed by atoms with Gasteiger partial charge < -0.3 is 10.2 Å². The molecule has 1 aliphatic heterocycles. The van der Waals surface area contributed by atoms with Crippen molar-refractivity contribution in [2.75, 3.05) is 19.6 Å². The molecule has 5 nitrogen and oxygen atoms in total. The number of aromatic nitrogens is 1. The minimum absolute atomic E-state index is 0.00410. The van der Waals surface area contributed by atoms with Crippen molar-refractivity contribution in [3.63, 3.8) is 0 Å². The number of pyridine rings is 1. The van der Waals surface area contributed by atoms with Gasteiger partial charge in [-0.2, -0.15) is 0 Å². The summed E-state index contributed by atoms with van der Waals surface area (Å²) in [5.74, 6) is 0.231. The van der Waals surface area contributed by atoms with Gasteiger partial charge >= 0.3 is 0 Å². The van der Waals surface area contributed by atoms with Gasteiger partial charge in [0.2, 0.25) is 11.8 Å². The number of allylic oxidation sites excluding steroid dienone is 2. The van der Waals surface area contributed by atoms with Gasteiger partial charge in [0.1, 0.15) is 0 Å². The van der Waals surface area contributed by atoms with Gasteiger partial charge in [-0.15, -0.1) is 6.58 Å². The molecule has 2 heterocycles. The second-order valence-electron chi connectivity index (χ2n) is 9.20. The molecule has 172 valence electrons. The highest BCUT2D eigenvalue weighted by atomic mass is 16.2. The number of likely N-dealkylation sites (tertiary alicyclic amines) is 1. The molecule has 2 atom stereocenters. The fourth-order valence-corrected chi connectivity index (χ4v) is 5.20. The number of rotatable bonds is 7. The molecule has 1 aromatic heterocycles. The highest BCUT2D eigenvalue weighted by Gasteiger charge is 2.44. The Morgan fingerprint density at radius 3 is 2.85 bits per heavy atom. The van der Waals surface area contributed by atoms with Gasteiger partial charge in [0.15, 0.2) is 0 Å². The van der Waals surface area contributed by atoms with E-state index in [0.29, 0.717) is 19.5 Å². The summed E-state index contributed by atoms with van der Waals surface area (Å²) in [6, 6.07) is 12.2. The Morgan fingerprint density at radius 1 is 1.21 bits per heavy atom. The molecule has 1 saturated heterocycles. The molecular formula is C28H33N3O2. The van der Waals surface area contributed by atoms with Crippen LogP contribution in [-0.2, 0) is 16.0 Å². The Labute approximate surface area is 196 Å². The SMILES string of the molecule is C=CCNC(=O)[C@]1(Cc2ccccc2-c2cccnc2)CCCN(C(=O)[C@@H]2CC=CCC2)C1. The van der Waals surface area contributed by atoms with Gasteiger partial charge in [-0.1, -0.05) is 48.6 Å². The maximum absolute atomic E-state index is 13.6. The van der Waals surface area contributed by atoms with Crippen molar-refractivity contribution in [3.05, 3.63) is 79.2 Å². The lowest BCUT2D eigenvalue weighted by Crippen LogP contribution is -2.55. The number of amides is 2. The predicted molar refractivity (Wildman–Crippen MR) is 131 cm³/mol. The highest BCUT2D eigenvalue weighted by Crippen LogP contribution is 2.38. The van der Waals surface area contributed by atoms with Gasteiger partial charge in [-0.3, -0.25) is 14.6 Å². The van der Waals surface area contributed by atoms with Crippen molar-refractivity contribution in [1.29, 1.82) is 0 Å². The first-order valence-corrected chi connectivity index (χ1v) is 11.9. The Hall–Kier alpha value is -3.21. The molecule has 0 radical (unpaired) electrons. The van der Waals surface area contributed by atoms with Crippen LogP contribution in [0.1, 0.15) is 37.7 Å². The minimum Gasteiger partial charge on any atom is -0.352 e. The highest BCUT2D eigenvalue weighted by molar-refractivity contribution is 5.86. The summed E-state index contributed by atoms with van der Waals surface area (Å²) in [6.07, 6.45) is 14.4. The van der Waals surface area contributed by atoms with Crippen molar-refractivity contribution in [3.8, 4) is 11.1 Å². The van der Waals surface area contributed by atoms with Crippen LogP contribution in [0.5, 0.6) is 0 Å². The monoisotopic (exact) mass is 443 g/mol. The number of nitrogens with zero attached hydrogens (tertiary/aromatic N) is 2. The van der Waals surface area contributed by atoms with E-state index in [4.69, 9.17) is 0 Å². The molecule has 2 amide bonds. The van der Waals surface area contributed by atoms with Crippen LogP contribution in [-0.4, -0.2) is 41.3 Å². The number of carbonyl (C=O) groups is 2. The van der Waals surface area contributed by atoms with E-state index < -0.39 is 5.41 Å². The standard InChI is InChI=1S/C28H33N3O2/c1-2-16-30-27(33)28(15-9-18-31(21-28)26(32)22-10-4-3-5-11-22)19-23-12-6-7-14-25(23)24-13-8-17-29-20-24/h2-4,6-8,12-14,17,20,22H,1,5,9-11,15-16,18-19,21H2,(H,30,33)/t22-,28+/m1/s1. The van der Waals surface area contributed by atoms with Gasteiger partial charge in [-0.05, 0) is 55.7 Å². The third-order valence-electron chi connectivity index (χ3n) is 6.91. The van der Waals surface area contributed by atoms with Crippen LogP contribution in [0.25, 0.3) is 11.1 Å². The number of benzene rings is 1. The van der Waals surface area contributed by atoms with Crippen LogP contribution < -0.4 is 5.32 Å². The van der Waals surface area contributed by atoms with Crippen LogP contribution in [0, 0.1) is 11.3 Å². The van der Waals surface area contributed by atoms with Crippen molar-refractivity contribution >= 4 is 11.8 Å². The van der Waals surface area contributed by atoms with E-state index in [2.05, 4.69) is 41.2 Å². The Bertz CT molecular complexity index is 1020. The second kappa shape index (κ2) is 10.6. The molecule has 0 bridgehead atoms. The second-order valence-corrected chi connectivity index (χ2v) is 9.20.